The summed E-state index contributed by atoms with van der Waals surface area (Å²) >= 11 is 0. The lowest BCUT2D eigenvalue weighted by Crippen LogP contribution is -2.31. The first-order valence-electron chi connectivity index (χ1n) is 8.46. The molecule has 2 aromatic carbocycles. The molecule has 3 rings (SSSR count). The topological polar surface area (TPSA) is 56.8 Å². The number of allylic oxidation sites excluding steroid dienone is 1. The van der Waals surface area contributed by atoms with Gasteiger partial charge in [-0.1, -0.05) is 6.08 Å². The van der Waals surface area contributed by atoms with E-state index >= 15 is 0 Å². The molecule has 0 bridgehead atoms. The Balaban J connectivity index is 1.62. The van der Waals surface area contributed by atoms with E-state index in [2.05, 4.69) is 32.2 Å². The van der Waals surface area contributed by atoms with Crippen molar-refractivity contribution < 1.29 is 19.0 Å². The van der Waals surface area contributed by atoms with Crippen LogP contribution < -0.4 is 19.5 Å². The van der Waals surface area contributed by atoms with Gasteiger partial charge in [0.05, 0.1) is 12.6 Å². The van der Waals surface area contributed by atoms with Gasteiger partial charge in [0.25, 0.3) is 0 Å². The number of fused-ring (bicyclic) bond motifs is 1. The average Bonchev–Trinajstić information content (AvgIpc) is 2.60. The monoisotopic (exact) mass is 353 g/mol. The van der Waals surface area contributed by atoms with Gasteiger partial charge < -0.3 is 19.5 Å². The SMILES string of the molecule is COc1ccc(OCC(=O)Oc2ccc3c(c2)C(C)=CC(C)(C)N3)cc1. The molecule has 1 N–H and O–H groups in total. The number of hydrogen-bond donors (Lipinski definition) is 1. The highest BCUT2D eigenvalue weighted by molar-refractivity contribution is 5.82. The number of anilines is 1. The number of hydrogen-bond acceptors (Lipinski definition) is 5. The smallest absolute Gasteiger partial charge is 0.349 e. The standard InChI is InChI=1S/C21H23NO4/c1-14-12-21(2,3)22-19-10-9-17(11-18(14)19)26-20(23)13-25-16-7-5-15(24-4)6-8-16/h5-12,22H,13H2,1-4H3. The summed E-state index contributed by atoms with van der Waals surface area (Å²) in [7, 11) is 1.60. The lowest BCUT2D eigenvalue weighted by molar-refractivity contribution is -0.136. The molecule has 1 aliphatic heterocycles. The number of ether oxygens (including phenoxy) is 3. The number of benzene rings is 2. The molecular weight excluding hydrogens is 330 g/mol. The van der Waals surface area contributed by atoms with E-state index in [9.17, 15) is 4.79 Å². The van der Waals surface area contributed by atoms with Gasteiger partial charge in [-0.15, -0.1) is 0 Å². The molecule has 2 aromatic rings. The Morgan fingerprint density at radius 1 is 1.04 bits per heavy atom. The van der Waals surface area contributed by atoms with Gasteiger partial charge >= 0.3 is 5.97 Å². The molecule has 136 valence electrons. The van der Waals surface area contributed by atoms with E-state index in [4.69, 9.17) is 14.2 Å². The van der Waals surface area contributed by atoms with E-state index in [1.54, 1.807) is 37.4 Å². The van der Waals surface area contributed by atoms with E-state index in [-0.39, 0.29) is 12.1 Å². The predicted molar refractivity (Wildman–Crippen MR) is 102 cm³/mol. The van der Waals surface area contributed by atoms with Gasteiger partial charge in [-0.2, -0.15) is 0 Å². The summed E-state index contributed by atoms with van der Waals surface area (Å²) in [4.78, 5) is 12.1. The van der Waals surface area contributed by atoms with Crippen molar-refractivity contribution in [1.82, 2.24) is 0 Å². The first kappa shape index (κ1) is 17.9. The highest BCUT2D eigenvalue weighted by Crippen LogP contribution is 2.35. The van der Waals surface area contributed by atoms with Crippen LogP contribution >= 0.6 is 0 Å². The van der Waals surface area contributed by atoms with Crippen molar-refractivity contribution in [3.05, 3.63) is 54.1 Å². The third-order valence-electron chi connectivity index (χ3n) is 4.10. The van der Waals surface area contributed by atoms with Crippen molar-refractivity contribution >= 4 is 17.2 Å². The fraction of sp³-hybridized carbons (Fsp3) is 0.286. The molecule has 1 aliphatic rings. The summed E-state index contributed by atoms with van der Waals surface area (Å²) < 4.78 is 15.9. The number of carbonyl (C=O) groups excluding carboxylic acids is 1. The summed E-state index contributed by atoms with van der Waals surface area (Å²) in [5, 5.41) is 3.45. The van der Waals surface area contributed by atoms with E-state index < -0.39 is 5.97 Å². The second-order valence-corrected chi connectivity index (χ2v) is 6.82. The first-order chi connectivity index (χ1) is 12.4. The lowest BCUT2D eigenvalue weighted by atomic mass is 9.91. The van der Waals surface area contributed by atoms with Crippen LogP contribution in [0.5, 0.6) is 17.2 Å². The molecule has 0 saturated carbocycles. The highest BCUT2D eigenvalue weighted by atomic mass is 16.6. The molecule has 26 heavy (non-hydrogen) atoms. The van der Waals surface area contributed by atoms with Gasteiger partial charge in [-0.3, -0.25) is 0 Å². The van der Waals surface area contributed by atoms with Gasteiger partial charge in [0.2, 0.25) is 0 Å². The quantitative estimate of drug-likeness (QED) is 0.642. The van der Waals surface area contributed by atoms with Crippen LogP contribution in [0.3, 0.4) is 0 Å². The normalized spacial score (nSPS) is 14.5. The highest BCUT2D eigenvalue weighted by Gasteiger charge is 2.22. The maximum atomic E-state index is 12.1. The molecule has 0 saturated heterocycles. The minimum Gasteiger partial charge on any atom is -0.497 e. The number of rotatable bonds is 5. The summed E-state index contributed by atoms with van der Waals surface area (Å²) in [6.45, 7) is 6.12. The predicted octanol–water partition coefficient (Wildman–Crippen LogP) is 4.29. The fourth-order valence-electron chi connectivity index (χ4n) is 3.00. The van der Waals surface area contributed by atoms with Crippen molar-refractivity contribution in [1.29, 1.82) is 0 Å². The molecule has 0 unspecified atom stereocenters. The molecule has 0 spiro atoms. The third-order valence-corrected chi connectivity index (χ3v) is 4.10. The maximum absolute atomic E-state index is 12.1. The van der Waals surface area contributed by atoms with Crippen LogP contribution in [-0.2, 0) is 4.79 Å². The summed E-state index contributed by atoms with van der Waals surface area (Å²) in [6, 6.07) is 12.6. The Kier molecular flexibility index (Phi) is 4.89. The molecule has 5 heteroatoms. The Hall–Kier alpha value is -2.95. The van der Waals surface area contributed by atoms with Gasteiger partial charge in [0.1, 0.15) is 17.2 Å². The Morgan fingerprint density at radius 2 is 1.69 bits per heavy atom. The molecule has 0 atom stereocenters. The Bertz CT molecular complexity index is 838. The van der Waals surface area contributed by atoms with Gasteiger partial charge in [-0.25, -0.2) is 4.79 Å². The Morgan fingerprint density at radius 3 is 2.38 bits per heavy atom. The van der Waals surface area contributed by atoms with Crippen molar-refractivity contribution in [2.24, 2.45) is 0 Å². The Labute approximate surface area is 153 Å². The zero-order valence-electron chi connectivity index (χ0n) is 15.5. The van der Waals surface area contributed by atoms with Crippen molar-refractivity contribution in [2.75, 3.05) is 19.0 Å². The van der Waals surface area contributed by atoms with E-state index in [0.29, 0.717) is 11.5 Å². The third kappa shape index (κ3) is 4.17. The van der Waals surface area contributed by atoms with Crippen LogP contribution in [0.1, 0.15) is 26.3 Å². The summed E-state index contributed by atoms with van der Waals surface area (Å²) in [6.07, 6.45) is 2.16. The number of nitrogens with one attached hydrogen (secondary N) is 1. The largest absolute Gasteiger partial charge is 0.497 e. The molecule has 1 heterocycles. The maximum Gasteiger partial charge on any atom is 0.349 e. The summed E-state index contributed by atoms with van der Waals surface area (Å²) in [5.74, 6) is 1.36. The second-order valence-electron chi connectivity index (χ2n) is 6.82. The number of carbonyl (C=O) groups is 1. The van der Waals surface area contributed by atoms with Crippen LogP contribution in [0.15, 0.2) is 48.5 Å². The van der Waals surface area contributed by atoms with Gasteiger partial charge in [0, 0.05) is 11.3 Å². The molecule has 0 aliphatic carbocycles. The fourth-order valence-corrected chi connectivity index (χ4v) is 3.00. The van der Waals surface area contributed by atoms with Crippen LogP contribution in [0.2, 0.25) is 0 Å². The van der Waals surface area contributed by atoms with E-state index in [1.165, 1.54) is 0 Å². The minimum atomic E-state index is -0.452. The van der Waals surface area contributed by atoms with Crippen molar-refractivity contribution in [3.63, 3.8) is 0 Å². The zero-order chi connectivity index (χ0) is 18.7. The van der Waals surface area contributed by atoms with Crippen molar-refractivity contribution in [2.45, 2.75) is 26.3 Å². The number of esters is 1. The van der Waals surface area contributed by atoms with E-state index in [1.807, 2.05) is 12.1 Å². The second kappa shape index (κ2) is 7.12. The van der Waals surface area contributed by atoms with Crippen LogP contribution in [0.4, 0.5) is 5.69 Å². The summed E-state index contributed by atoms with van der Waals surface area (Å²) in [5.41, 5.74) is 3.12. The molecule has 5 nitrogen and oxygen atoms in total. The molecule has 0 radical (unpaired) electrons. The van der Waals surface area contributed by atoms with Crippen LogP contribution in [0.25, 0.3) is 5.57 Å². The van der Waals surface area contributed by atoms with E-state index in [0.717, 1.165) is 22.6 Å². The molecular formula is C21H23NO4. The molecule has 0 aromatic heterocycles. The molecule has 0 fully saturated rings. The van der Waals surface area contributed by atoms with Gasteiger partial charge in [-0.05, 0) is 68.8 Å². The zero-order valence-corrected chi connectivity index (χ0v) is 15.5. The number of methoxy groups -OCH3 is 1. The van der Waals surface area contributed by atoms with Crippen LogP contribution in [0, 0.1) is 0 Å². The van der Waals surface area contributed by atoms with Crippen LogP contribution in [-0.4, -0.2) is 25.2 Å². The first-order valence-corrected chi connectivity index (χ1v) is 8.46. The van der Waals surface area contributed by atoms with Crippen molar-refractivity contribution in [3.8, 4) is 17.2 Å². The molecule has 0 amide bonds. The lowest BCUT2D eigenvalue weighted by Gasteiger charge is -2.31. The minimum absolute atomic E-state index is 0.0958. The average molecular weight is 353 g/mol. The van der Waals surface area contributed by atoms with Gasteiger partial charge in [0.15, 0.2) is 6.61 Å².